The van der Waals surface area contributed by atoms with Gasteiger partial charge in [0.15, 0.2) is 0 Å². The van der Waals surface area contributed by atoms with Crippen molar-refractivity contribution in [3.63, 3.8) is 0 Å². The molecule has 0 saturated carbocycles. The third-order valence-electron chi connectivity index (χ3n) is 4.67. The predicted molar refractivity (Wildman–Crippen MR) is 110 cm³/mol. The molecule has 0 radical (unpaired) electrons. The number of hydrogen-bond donors (Lipinski definition) is 1. The van der Waals surface area contributed by atoms with Crippen LogP contribution in [0.4, 0.5) is 5.69 Å². The lowest BCUT2D eigenvalue weighted by Gasteiger charge is -2.24. The van der Waals surface area contributed by atoms with Crippen LogP contribution in [-0.2, 0) is 11.3 Å². The van der Waals surface area contributed by atoms with Gasteiger partial charge in [-0.3, -0.25) is 9.69 Å². The highest BCUT2D eigenvalue weighted by Gasteiger charge is 2.20. The van der Waals surface area contributed by atoms with Gasteiger partial charge in [0.25, 0.3) is 0 Å². The number of amides is 1. The van der Waals surface area contributed by atoms with E-state index in [-0.39, 0.29) is 11.9 Å². The second-order valence-corrected chi connectivity index (χ2v) is 7.52. The van der Waals surface area contributed by atoms with E-state index in [9.17, 15) is 4.79 Å². The van der Waals surface area contributed by atoms with E-state index in [4.69, 9.17) is 0 Å². The monoisotopic (exact) mass is 364 g/mol. The smallest absolute Gasteiger partial charge is 0.241 e. The van der Waals surface area contributed by atoms with Gasteiger partial charge in [-0.05, 0) is 49.5 Å². The normalized spacial score (nSPS) is 12.2. The molecule has 4 heteroatoms. The first-order valence-corrected chi connectivity index (χ1v) is 9.62. The Morgan fingerprint density at radius 1 is 1.08 bits per heavy atom. The number of carbonyl (C=O) groups excluding carboxylic acids is 1. The summed E-state index contributed by atoms with van der Waals surface area (Å²) in [7, 11) is 1.99. The zero-order valence-corrected chi connectivity index (χ0v) is 16.2. The molecular formula is C22H24N2OS. The van der Waals surface area contributed by atoms with E-state index in [2.05, 4.69) is 40.7 Å². The van der Waals surface area contributed by atoms with Crippen molar-refractivity contribution in [2.75, 3.05) is 12.4 Å². The number of aryl methyl sites for hydroxylation is 1. The Morgan fingerprint density at radius 3 is 2.46 bits per heavy atom. The van der Waals surface area contributed by atoms with Crippen molar-refractivity contribution in [3.8, 4) is 11.1 Å². The van der Waals surface area contributed by atoms with Crippen LogP contribution in [0, 0.1) is 6.92 Å². The van der Waals surface area contributed by atoms with Crippen molar-refractivity contribution < 1.29 is 4.79 Å². The largest absolute Gasteiger partial charge is 0.324 e. The molecule has 1 aromatic heterocycles. The number of nitrogens with zero attached hydrogens (tertiary/aromatic N) is 1. The van der Waals surface area contributed by atoms with Gasteiger partial charge >= 0.3 is 0 Å². The van der Waals surface area contributed by atoms with E-state index in [0.717, 1.165) is 23.4 Å². The van der Waals surface area contributed by atoms with Crippen LogP contribution in [0.2, 0.25) is 0 Å². The quantitative estimate of drug-likeness (QED) is 0.653. The highest BCUT2D eigenvalue weighted by molar-refractivity contribution is 7.10. The van der Waals surface area contributed by atoms with Gasteiger partial charge in [-0.2, -0.15) is 0 Å². The second kappa shape index (κ2) is 8.30. The number of likely N-dealkylation sites (N-methyl/N-ethyl adjacent to an activating group) is 1. The van der Waals surface area contributed by atoms with E-state index in [0.29, 0.717) is 0 Å². The van der Waals surface area contributed by atoms with Crippen molar-refractivity contribution in [2.45, 2.75) is 26.4 Å². The van der Waals surface area contributed by atoms with Crippen molar-refractivity contribution >= 4 is 22.9 Å². The topological polar surface area (TPSA) is 32.3 Å². The fraction of sp³-hybridized carbons (Fsp3) is 0.227. The van der Waals surface area contributed by atoms with Crippen molar-refractivity contribution in [1.29, 1.82) is 0 Å². The molecule has 1 atom stereocenters. The van der Waals surface area contributed by atoms with Crippen LogP contribution < -0.4 is 5.32 Å². The number of thiophene rings is 1. The summed E-state index contributed by atoms with van der Waals surface area (Å²) in [4.78, 5) is 16.2. The van der Waals surface area contributed by atoms with E-state index < -0.39 is 0 Å². The number of benzene rings is 2. The molecule has 1 N–H and O–H groups in total. The summed E-state index contributed by atoms with van der Waals surface area (Å²) < 4.78 is 0. The SMILES string of the molecule is Cc1ccsc1CN(C)[C@@H](C)C(=O)Nc1ccccc1-c1ccccc1. The third-order valence-corrected chi connectivity index (χ3v) is 5.68. The Kier molecular flexibility index (Phi) is 5.86. The van der Waals surface area contributed by atoms with E-state index in [1.165, 1.54) is 10.4 Å². The molecule has 0 spiro atoms. The van der Waals surface area contributed by atoms with Gasteiger partial charge in [0, 0.05) is 22.7 Å². The van der Waals surface area contributed by atoms with Crippen molar-refractivity contribution in [2.24, 2.45) is 0 Å². The maximum atomic E-state index is 12.8. The molecule has 1 heterocycles. The third kappa shape index (κ3) is 4.21. The molecule has 3 nitrogen and oxygen atoms in total. The lowest BCUT2D eigenvalue weighted by atomic mass is 10.0. The molecule has 26 heavy (non-hydrogen) atoms. The van der Waals surface area contributed by atoms with Gasteiger partial charge < -0.3 is 5.32 Å². The fourth-order valence-corrected chi connectivity index (χ4v) is 3.80. The first-order valence-electron chi connectivity index (χ1n) is 8.75. The maximum absolute atomic E-state index is 12.8. The van der Waals surface area contributed by atoms with E-state index in [1.54, 1.807) is 11.3 Å². The van der Waals surface area contributed by atoms with E-state index >= 15 is 0 Å². The summed E-state index contributed by atoms with van der Waals surface area (Å²) in [5.41, 5.74) is 4.25. The van der Waals surface area contributed by atoms with Crippen LogP contribution in [0.3, 0.4) is 0 Å². The highest BCUT2D eigenvalue weighted by Crippen LogP contribution is 2.28. The Morgan fingerprint density at radius 2 is 1.77 bits per heavy atom. The van der Waals surface area contributed by atoms with Crippen LogP contribution in [0.25, 0.3) is 11.1 Å². The minimum Gasteiger partial charge on any atom is -0.324 e. The summed E-state index contributed by atoms with van der Waals surface area (Å²) in [6.07, 6.45) is 0. The molecule has 0 saturated heterocycles. The zero-order chi connectivity index (χ0) is 18.5. The van der Waals surface area contributed by atoms with Crippen LogP contribution >= 0.6 is 11.3 Å². The van der Waals surface area contributed by atoms with Crippen LogP contribution in [0.5, 0.6) is 0 Å². The van der Waals surface area contributed by atoms with Crippen LogP contribution in [-0.4, -0.2) is 23.9 Å². The van der Waals surface area contributed by atoms with Gasteiger partial charge in [0.2, 0.25) is 5.91 Å². The van der Waals surface area contributed by atoms with Gasteiger partial charge in [0.1, 0.15) is 0 Å². The average Bonchev–Trinajstić information content (AvgIpc) is 3.06. The molecule has 1 amide bonds. The number of carbonyl (C=O) groups is 1. The van der Waals surface area contributed by atoms with Crippen LogP contribution in [0.15, 0.2) is 66.0 Å². The summed E-state index contributed by atoms with van der Waals surface area (Å²) in [5.74, 6) is 0.00471. The van der Waals surface area contributed by atoms with Crippen molar-refractivity contribution in [1.82, 2.24) is 4.90 Å². The number of rotatable bonds is 6. The standard InChI is InChI=1S/C22H24N2OS/c1-16-13-14-26-21(16)15-24(3)17(2)22(25)23-20-12-8-7-11-19(20)18-9-5-4-6-10-18/h4-14,17H,15H2,1-3H3,(H,23,25)/t17-/m0/s1. The Bertz CT molecular complexity index is 873. The Balaban J connectivity index is 1.73. The lowest BCUT2D eigenvalue weighted by Crippen LogP contribution is -2.39. The van der Waals surface area contributed by atoms with Gasteiger partial charge in [0.05, 0.1) is 6.04 Å². The number of hydrogen-bond acceptors (Lipinski definition) is 3. The molecule has 0 fully saturated rings. The molecule has 0 aliphatic carbocycles. The first kappa shape index (κ1) is 18.4. The highest BCUT2D eigenvalue weighted by atomic mass is 32.1. The number of para-hydroxylation sites is 1. The summed E-state index contributed by atoms with van der Waals surface area (Å²) in [5, 5.41) is 5.20. The molecule has 3 rings (SSSR count). The minimum atomic E-state index is -0.222. The number of nitrogens with one attached hydrogen (secondary N) is 1. The fourth-order valence-electron chi connectivity index (χ4n) is 2.83. The first-order chi connectivity index (χ1) is 12.6. The molecule has 0 aliphatic rings. The van der Waals surface area contributed by atoms with Gasteiger partial charge in [-0.25, -0.2) is 0 Å². The van der Waals surface area contributed by atoms with Crippen LogP contribution in [0.1, 0.15) is 17.4 Å². The molecule has 134 valence electrons. The Labute approximate surface area is 159 Å². The molecular weight excluding hydrogens is 340 g/mol. The predicted octanol–water partition coefficient (Wildman–Crippen LogP) is 5.18. The van der Waals surface area contributed by atoms with Gasteiger partial charge in [-0.1, -0.05) is 48.5 Å². The molecule has 2 aromatic carbocycles. The average molecular weight is 365 g/mol. The second-order valence-electron chi connectivity index (χ2n) is 6.52. The molecule has 0 bridgehead atoms. The molecule has 0 unspecified atom stereocenters. The van der Waals surface area contributed by atoms with E-state index in [1.807, 2.05) is 56.4 Å². The Hall–Kier alpha value is -2.43. The summed E-state index contributed by atoms with van der Waals surface area (Å²) in [6.45, 7) is 4.84. The lowest BCUT2D eigenvalue weighted by molar-refractivity contribution is -0.120. The molecule has 0 aliphatic heterocycles. The van der Waals surface area contributed by atoms with Crippen molar-refractivity contribution in [3.05, 3.63) is 76.5 Å². The minimum absolute atomic E-state index is 0.00471. The number of anilines is 1. The molecule has 3 aromatic rings. The van der Waals surface area contributed by atoms with Gasteiger partial charge in [-0.15, -0.1) is 11.3 Å². The zero-order valence-electron chi connectivity index (χ0n) is 15.4. The summed E-state index contributed by atoms with van der Waals surface area (Å²) >= 11 is 1.74. The maximum Gasteiger partial charge on any atom is 0.241 e. The summed E-state index contributed by atoms with van der Waals surface area (Å²) in [6, 6.07) is 20.0.